The molecule has 2 aromatic carbocycles. The maximum atomic E-state index is 11.0. The van der Waals surface area contributed by atoms with E-state index in [1.54, 1.807) is 0 Å². The molecule has 2 aromatic rings. The van der Waals surface area contributed by atoms with Gasteiger partial charge in [0.25, 0.3) is 0 Å². The summed E-state index contributed by atoms with van der Waals surface area (Å²) in [5, 5.41) is 0. The zero-order chi connectivity index (χ0) is 19.6. The summed E-state index contributed by atoms with van der Waals surface area (Å²) in [5.41, 5.74) is 4.75. The number of ether oxygens (including phenoxy) is 1. The van der Waals surface area contributed by atoms with Crippen LogP contribution in [0.5, 0.6) is 11.5 Å². The van der Waals surface area contributed by atoms with Crippen molar-refractivity contribution in [3.05, 3.63) is 59.7 Å². The number of hydrogen-bond acceptors (Lipinski definition) is 4. The van der Waals surface area contributed by atoms with Gasteiger partial charge >= 0.3 is 0 Å². The molecule has 1 fully saturated rings. The van der Waals surface area contributed by atoms with Gasteiger partial charge in [0.2, 0.25) is 5.91 Å². The summed E-state index contributed by atoms with van der Waals surface area (Å²) in [6.07, 6.45) is 5.67. The van der Waals surface area contributed by atoms with Gasteiger partial charge in [-0.3, -0.25) is 9.69 Å². The van der Waals surface area contributed by atoms with Crippen LogP contribution in [-0.4, -0.2) is 30.5 Å². The van der Waals surface area contributed by atoms with Crippen LogP contribution >= 0.6 is 0 Å². The Morgan fingerprint density at radius 1 is 1.07 bits per heavy atom. The second-order valence-corrected chi connectivity index (χ2v) is 7.30. The minimum atomic E-state index is -0.220. The largest absolute Gasteiger partial charge is 0.494 e. The van der Waals surface area contributed by atoms with Crippen molar-refractivity contribution in [1.29, 1.82) is 0 Å². The highest BCUT2D eigenvalue weighted by Crippen LogP contribution is 2.20. The summed E-state index contributed by atoms with van der Waals surface area (Å²) in [6, 6.07) is 16.2. The summed E-state index contributed by atoms with van der Waals surface area (Å²) in [7, 11) is 0. The zero-order valence-corrected chi connectivity index (χ0v) is 16.7. The third-order valence-corrected chi connectivity index (χ3v) is 4.89. The molecule has 1 aliphatic heterocycles. The third kappa shape index (κ3) is 6.57. The molecule has 0 bridgehead atoms. The first-order chi connectivity index (χ1) is 13.7. The van der Waals surface area contributed by atoms with Crippen LogP contribution in [-0.2, 0) is 17.8 Å². The zero-order valence-electron chi connectivity index (χ0n) is 16.7. The molecule has 1 heterocycles. The molecule has 5 heteroatoms. The van der Waals surface area contributed by atoms with E-state index in [1.165, 1.54) is 44.8 Å². The Hall–Kier alpha value is -2.53. The molecule has 0 unspecified atom stereocenters. The standard InChI is InChI=1S/C23H30N2O3/c1-19(26)24-28-23-13-4-3-10-21(23)11-8-16-27-22-12-7-9-20(17-22)18-25-14-5-2-6-15-25/h3-4,7,9-10,12-13,17H,2,5-6,8,11,14-16,18H2,1H3,(H,24,26). The number of aryl methyl sites for hydroxylation is 1. The first-order valence-electron chi connectivity index (χ1n) is 10.2. The van der Waals surface area contributed by atoms with Crippen molar-refractivity contribution in [2.45, 2.75) is 45.6 Å². The summed E-state index contributed by atoms with van der Waals surface area (Å²) < 4.78 is 5.97. The lowest BCUT2D eigenvalue weighted by atomic mass is 10.1. The highest BCUT2D eigenvalue weighted by molar-refractivity contribution is 5.71. The molecule has 1 saturated heterocycles. The van der Waals surface area contributed by atoms with E-state index in [2.05, 4.69) is 28.6 Å². The maximum Gasteiger partial charge on any atom is 0.249 e. The van der Waals surface area contributed by atoms with Crippen LogP contribution in [0.3, 0.4) is 0 Å². The number of carbonyl (C=O) groups excluding carboxylic acids is 1. The number of likely N-dealkylation sites (tertiary alicyclic amines) is 1. The number of para-hydroxylation sites is 1. The fourth-order valence-corrected chi connectivity index (χ4v) is 3.50. The van der Waals surface area contributed by atoms with Crippen molar-refractivity contribution >= 4 is 5.91 Å². The van der Waals surface area contributed by atoms with Gasteiger partial charge in [-0.2, -0.15) is 5.48 Å². The molecule has 1 amide bonds. The molecule has 0 spiro atoms. The number of hydroxylamine groups is 1. The molecule has 150 valence electrons. The van der Waals surface area contributed by atoms with E-state index in [9.17, 15) is 4.79 Å². The Kier molecular flexibility index (Phi) is 7.73. The van der Waals surface area contributed by atoms with Crippen LogP contribution < -0.4 is 15.1 Å². The van der Waals surface area contributed by atoms with E-state index in [0.717, 1.165) is 30.7 Å². The molecule has 28 heavy (non-hydrogen) atoms. The van der Waals surface area contributed by atoms with E-state index >= 15 is 0 Å². The average molecular weight is 383 g/mol. The summed E-state index contributed by atoms with van der Waals surface area (Å²) in [5.74, 6) is 1.39. The Balaban J connectivity index is 1.45. The molecule has 0 radical (unpaired) electrons. The van der Waals surface area contributed by atoms with Crippen LogP contribution in [0.15, 0.2) is 48.5 Å². The predicted octanol–water partition coefficient (Wildman–Crippen LogP) is 4.11. The Morgan fingerprint density at radius 2 is 1.89 bits per heavy atom. The van der Waals surface area contributed by atoms with Gasteiger partial charge in [0.1, 0.15) is 5.75 Å². The second-order valence-electron chi connectivity index (χ2n) is 7.30. The fraction of sp³-hybridized carbons (Fsp3) is 0.435. The van der Waals surface area contributed by atoms with Gasteiger partial charge in [-0.25, -0.2) is 0 Å². The van der Waals surface area contributed by atoms with Crippen molar-refractivity contribution in [3.63, 3.8) is 0 Å². The average Bonchev–Trinajstić information content (AvgIpc) is 2.71. The van der Waals surface area contributed by atoms with E-state index in [-0.39, 0.29) is 5.91 Å². The molecular formula is C23H30N2O3. The van der Waals surface area contributed by atoms with Gasteiger partial charge in [0, 0.05) is 13.5 Å². The van der Waals surface area contributed by atoms with Crippen molar-refractivity contribution in [3.8, 4) is 11.5 Å². The molecule has 5 nitrogen and oxygen atoms in total. The van der Waals surface area contributed by atoms with Gasteiger partial charge in [-0.15, -0.1) is 0 Å². The Labute approximate surface area is 167 Å². The van der Waals surface area contributed by atoms with Crippen molar-refractivity contribution < 1.29 is 14.4 Å². The van der Waals surface area contributed by atoms with Crippen LogP contribution in [0.25, 0.3) is 0 Å². The molecule has 0 saturated carbocycles. The lowest BCUT2D eigenvalue weighted by Gasteiger charge is -2.26. The number of nitrogens with zero attached hydrogens (tertiary/aromatic N) is 1. The van der Waals surface area contributed by atoms with E-state index in [4.69, 9.17) is 9.57 Å². The highest BCUT2D eigenvalue weighted by Gasteiger charge is 2.10. The predicted molar refractivity (Wildman–Crippen MR) is 110 cm³/mol. The van der Waals surface area contributed by atoms with Crippen LogP contribution in [0, 0.1) is 0 Å². The lowest BCUT2D eigenvalue weighted by Crippen LogP contribution is -2.29. The topological polar surface area (TPSA) is 50.8 Å². The van der Waals surface area contributed by atoms with Crippen LogP contribution in [0.4, 0.5) is 0 Å². The SMILES string of the molecule is CC(=O)NOc1ccccc1CCCOc1cccc(CN2CCCCC2)c1. The summed E-state index contributed by atoms with van der Waals surface area (Å²) in [4.78, 5) is 18.9. The molecular weight excluding hydrogens is 352 g/mol. The van der Waals surface area contributed by atoms with Crippen LogP contribution in [0.2, 0.25) is 0 Å². The van der Waals surface area contributed by atoms with Gasteiger partial charge in [0.15, 0.2) is 5.75 Å². The molecule has 1 aliphatic rings. The molecule has 3 rings (SSSR count). The molecule has 0 atom stereocenters. The quantitative estimate of drug-likeness (QED) is 0.524. The molecule has 0 aromatic heterocycles. The summed E-state index contributed by atoms with van der Waals surface area (Å²) >= 11 is 0. The van der Waals surface area contributed by atoms with E-state index < -0.39 is 0 Å². The monoisotopic (exact) mass is 382 g/mol. The number of amides is 1. The number of rotatable bonds is 9. The van der Waals surface area contributed by atoms with Crippen molar-refractivity contribution in [2.75, 3.05) is 19.7 Å². The normalized spacial score (nSPS) is 14.5. The Morgan fingerprint density at radius 3 is 2.71 bits per heavy atom. The number of carbonyl (C=O) groups is 1. The Bertz CT molecular complexity index is 757. The number of benzene rings is 2. The van der Waals surface area contributed by atoms with E-state index in [1.807, 2.05) is 30.3 Å². The first-order valence-corrected chi connectivity index (χ1v) is 10.2. The highest BCUT2D eigenvalue weighted by atomic mass is 16.7. The third-order valence-electron chi connectivity index (χ3n) is 4.89. The lowest BCUT2D eigenvalue weighted by molar-refractivity contribution is -0.125. The van der Waals surface area contributed by atoms with Gasteiger partial charge in [-0.1, -0.05) is 36.8 Å². The number of nitrogens with one attached hydrogen (secondary N) is 1. The smallest absolute Gasteiger partial charge is 0.249 e. The van der Waals surface area contributed by atoms with Gasteiger partial charge in [0.05, 0.1) is 6.61 Å². The fourth-order valence-electron chi connectivity index (χ4n) is 3.50. The number of hydrogen-bond donors (Lipinski definition) is 1. The van der Waals surface area contributed by atoms with E-state index in [0.29, 0.717) is 12.4 Å². The molecule has 1 N–H and O–H groups in total. The number of piperidine rings is 1. The molecule has 0 aliphatic carbocycles. The van der Waals surface area contributed by atoms with Crippen molar-refractivity contribution in [1.82, 2.24) is 10.4 Å². The minimum Gasteiger partial charge on any atom is -0.494 e. The van der Waals surface area contributed by atoms with Gasteiger partial charge in [-0.05, 0) is 68.1 Å². The summed E-state index contributed by atoms with van der Waals surface area (Å²) in [6.45, 7) is 5.47. The maximum absolute atomic E-state index is 11.0. The first kappa shape index (κ1) is 20.2. The van der Waals surface area contributed by atoms with Crippen LogP contribution in [0.1, 0.15) is 43.7 Å². The minimum absolute atomic E-state index is 0.220. The second kappa shape index (κ2) is 10.7. The van der Waals surface area contributed by atoms with Crippen molar-refractivity contribution in [2.24, 2.45) is 0 Å². The van der Waals surface area contributed by atoms with Gasteiger partial charge < -0.3 is 9.57 Å².